The second-order valence-electron chi connectivity index (χ2n) is 4.05. The van der Waals surface area contributed by atoms with Crippen molar-refractivity contribution in [2.24, 2.45) is 5.92 Å². The lowest BCUT2D eigenvalue weighted by atomic mass is 10.2. The fourth-order valence-corrected chi connectivity index (χ4v) is 1.47. The lowest BCUT2D eigenvalue weighted by molar-refractivity contribution is 0.444. The minimum absolute atomic E-state index is 0.690. The topological polar surface area (TPSA) is 29.9 Å². The predicted octanol–water partition coefficient (Wildman–Crippen LogP) is 1.27. The summed E-state index contributed by atoms with van der Waals surface area (Å²) in [6.45, 7) is 4.47. The van der Waals surface area contributed by atoms with E-state index in [-0.39, 0.29) is 0 Å². The standard InChI is InChI=1S/C10H17N3/c1-9(6-12-10-2-3-10)7-13-5-4-11-8-13/h4-5,8-10,12H,2-3,6-7H2,1H3. The first kappa shape index (κ1) is 8.75. The first-order valence-electron chi connectivity index (χ1n) is 5.03. The van der Waals surface area contributed by atoms with Crippen LogP contribution in [0.25, 0.3) is 0 Å². The molecule has 1 fully saturated rings. The van der Waals surface area contributed by atoms with E-state index in [0.29, 0.717) is 5.92 Å². The first-order valence-corrected chi connectivity index (χ1v) is 5.03. The van der Waals surface area contributed by atoms with Gasteiger partial charge in [0, 0.05) is 25.0 Å². The molecular weight excluding hydrogens is 162 g/mol. The number of aromatic nitrogens is 2. The molecule has 2 rings (SSSR count). The highest BCUT2D eigenvalue weighted by Crippen LogP contribution is 2.18. The van der Waals surface area contributed by atoms with E-state index in [1.165, 1.54) is 12.8 Å². The third-order valence-corrected chi connectivity index (χ3v) is 2.41. The van der Waals surface area contributed by atoms with Crippen molar-refractivity contribution in [3.63, 3.8) is 0 Å². The summed E-state index contributed by atoms with van der Waals surface area (Å²) in [6, 6.07) is 0.824. The molecule has 1 atom stereocenters. The third-order valence-electron chi connectivity index (χ3n) is 2.41. The first-order chi connectivity index (χ1) is 6.34. The fraction of sp³-hybridized carbons (Fsp3) is 0.700. The van der Waals surface area contributed by atoms with E-state index in [1.54, 1.807) is 0 Å². The van der Waals surface area contributed by atoms with Crippen LogP contribution in [0, 0.1) is 5.92 Å². The van der Waals surface area contributed by atoms with Gasteiger partial charge in [-0.05, 0) is 25.3 Å². The van der Waals surface area contributed by atoms with Crippen LogP contribution in [0.1, 0.15) is 19.8 Å². The molecule has 72 valence electrons. The van der Waals surface area contributed by atoms with Crippen LogP contribution in [0.2, 0.25) is 0 Å². The van der Waals surface area contributed by atoms with Crippen LogP contribution in [0.15, 0.2) is 18.7 Å². The van der Waals surface area contributed by atoms with Crippen LogP contribution in [-0.4, -0.2) is 22.1 Å². The molecule has 1 aliphatic rings. The summed E-state index contributed by atoms with van der Waals surface area (Å²) < 4.78 is 2.14. The van der Waals surface area contributed by atoms with Gasteiger partial charge >= 0.3 is 0 Å². The van der Waals surface area contributed by atoms with Gasteiger partial charge in [0.25, 0.3) is 0 Å². The second-order valence-corrected chi connectivity index (χ2v) is 4.05. The van der Waals surface area contributed by atoms with Crippen molar-refractivity contribution >= 4 is 0 Å². The zero-order valence-electron chi connectivity index (χ0n) is 8.11. The average Bonchev–Trinajstić information content (AvgIpc) is 2.82. The largest absolute Gasteiger partial charge is 0.337 e. The van der Waals surface area contributed by atoms with Gasteiger partial charge in [-0.15, -0.1) is 0 Å². The minimum Gasteiger partial charge on any atom is -0.337 e. The lowest BCUT2D eigenvalue weighted by Gasteiger charge is -2.12. The Morgan fingerprint density at radius 2 is 2.46 bits per heavy atom. The van der Waals surface area contributed by atoms with Crippen molar-refractivity contribution in [3.05, 3.63) is 18.7 Å². The highest BCUT2D eigenvalue weighted by Gasteiger charge is 2.20. The van der Waals surface area contributed by atoms with E-state index >= 15 is 0 Å². The molecule has 0 bridgehead atoms. The smallest absolute Gasteiger partial charge is 0.0946 e. The Labute approximate surface area is 79.2 Å². The number of imidazole rings is 1. The van der Waals surface area contributed by atoms with Crippen LogP contribution >= 0.6 is 0 Å². The van der Waals surface area contributed by atoms with Crippen molar-refractivity contribution in [2.75, 3.05) is 6.54 Å². The molecule has 3 nitrogen and oxygen atoms in total. The van der Waals surface area contributed by atoms with Crippen LogP contribution in [0.4, 0.5) is 0 Å². The van der Waals surface area contributed by atoms with Crippen molar-refractivity contribution in [2.45, 2.75) is 32.4 Å². The van der Waals surface area contributed by atoms with Crippen molar-refractivity contribution in [3.8, 4) is 0 Å². The summed E-state index contributed by atoms with van der Waals surface area (Å²) in [4.78, 5) is 4.03. The van der Waals surface area contributed by atoms with Crippen LogP contribution < -0.4 is 5.32 Å². The molecule has 0 aliphatic heterocycles. The van der Waals surface area contributed by atoms with Crippen LogP contribution in [0.3, 0.4) is 0 Å². The molecule has 1 unspecified atom stereocenters. The minimum atomic E-state index is 0.690. The Kier molecular flexibility index (Phi) is 2.64. The molecule has 1 aromatic heterocycles. The summed E-state index contributed by atoms with van der Waals surface area (Å²) in [6.07, 6.45) is 8.48. The lowest BCUT2D eigenvalue weighted by Crippen LogP contribution is -2.25. The molecule has 0 saturated heterocycles. The Bertz CT molecular complexity index is 239. The van der Waals surface area contributed by atoms with Gasteiger partial charge in [-0.2, -0.15) is 0 Å². The highest BCUT2D eigenvalue weighted by molar-refractivity contribution is 4.82. The number of nitrogens with one attached hydrogen (secondary N) is 1. The van der Waals surface area contributed by atoms with Gasteiger partial charge in [-0.1, -0.05) is 6.92 Å². The quantitative estimate of drug-likeness (QED) is 0.737. The highest BCUT2D eigenvalue weighted by atomic mass is 15.0. The molecule has 1 heterocycles. The average molecular weight is 179 g/mol. The normalized spacial score (nSPS) is 18.8. The zero-order valence-corrected chi connectivity index (χ0v) is 8.11. The second kappa shape index (κ2) is 3.92. The van der Waals surface area contributed by atoms with E-state index in [0.717, 1.165) is 19.1 Å². The van der Waals surface area contributed by atoms with E-state index in [4.69, 9.17) is 0 Å². The van der Waals surface area contributed by atoms with Gasteiger partial charge in [0.05, 0.1) is 6.33 Å². The van der Waals surface area contributed by atoms with Crippen molar-refractivity contribution in [1.82, 2.24) is 14.9 Å². The third kappa shape index (κ3) is 2.84. The van der Waals surface area contributed by atoms with Crippen LogP contribution in [0.5, 0.6) is 0 Å². The maximum Gasteiger partial charge on any atom is 0.0946 e. The van der Waals surface area contributed by atoms with Gasteiger partial charge in [0.1, 0.15) is 0 Å². The summed E-state index contributed by atoms with van der Waals surface area (Å²) in [5.41, 5.74) is 0. The number of rotatable bonds is 5. The maximum absolute atomic E-state index is 4.03. The maximum atomic E-state index is 4.03. The van der Waals surface area contributed by atoms with E-state index in [1.807, 2.05) is 18.7 Å². The summed E-state index contributed by atoms with van der Waals surface area (Å²) in [5, 5.41) is 3.54. The van der Waals surface area contributed by atoms with Gasteiger partial charge in [0.2, 0.25) is 0 Å². The van der Waals surface area contributed by atoms with Gasteiger partial charge < -0.3 is 9.88 Å². The number of hydrogen-bond acceptors (Lipinski definition) is 2. The monoisotopic (exact) mass is 179 g/mol. The van der Waals surface area contributed by atoms with Gasteiger partial charge in [0.15, 0.2) is 0 Å². The fourth-order valence-electron chi connectivity index (χ4n) is 1.47. The number of nitrogens with zero attached hydrogens (tertiary/aromatic N) is 2. The molecule has 1 aliphatic carbocycles. The Morgan fingerprint density at radius 1 is 1.62 bits per heavy atom. The predicted molar refractivity (Wildman–Crippen MR) is 52.4 cm³/mol. The molecule has 1 aromatic rings. The molecule has 13 heavy (non-hydrogen) atoms. The Balaban J connectivity index is 1.68. The van der Waals surface area contributed by atoms with Crippen LogP contribution in [-0.2, 0) is 6.54 Å². The van der Waals surface area contributed by atoms with E-state index in [9.17, 15) is 0 Å². The molecule has 0 radical (unpaired) electrons. The van der Waals surface area contributed by atoms with Gasteiger partial charge in [-0.25, -0.2) is 4.98 Å². The van der Waals surface area contributed by atoms with E-state index in [2.05, 4.69) is 21.8 Å². The molecule has 1 saturated carbocycles. The molecule has 0 amide bonds. The van der Waals surface area contributed by atoms with E-state index < -0.39 is 0 Å². The Morgan fingerprint density at radius 3 is 3.08 bits per heavy atom. The SMILES string of the molecule is CC(CNC1CC1)Cn1ccnc1. The Hall–Kier alpha value is -0.830. The summed E-state index contributed by atoms with van der Waals surface area (Å²) >= 11 is 0. The molecule has 0 spiro atoms. The molecular formula is C10H17N3. The molecule has 0 aromatic carbocycles. The van der Waals surface area contributed by atoms with Gasteiger partial charge in [-0.3, -0.25) is 0 Å². The summed E-state index contributed by atoms with van der Waals surface area (Å²) in [5.74, 6) is 0.690. The van der Waals surface area contributed by atoms with Crippen molar-refractivity contribution < 1.29 is 0 Å². The zero-order chi connectivity index (χ0) is 9.10. The summed E-state index contributed by atoms with van der Waals surface area (Å²) in [7, 11) is 0. The van der Waals surface area contributed by atoms with Crippen molar-refractivity contribution in [1.29, 1.82) is 0 Å². The molecule has 3 heteroatoms. The molecule has 1 N–H and O–H groups in total. The number of hydrogen-bond donors (Lipinski definition) is 1.